The number of fused-ring (bicyclic) bond motifs is 2. The number of nitrogens with one attached hydrogen (secondary N) is 2. The van der Waals surface area contributed by atoms with Gasteiger partial charge in [0.1, 0.15) is 0 Å². The maximum atomic E-state index is 12.4. The Hall–Kier alpha value is -3.49. The zero-order chi connectivity index (χ0) is 21.2. The first-order chi connectivity index (χ1) is 15.2. The first-order valence-corrected chi connectivity index (χ1v) is 10.3. The fraction of sp³-hybridized carbons (Fsp3) is 0.261. The largest absolute Gasteiger partial charge is 0.494 e. The average molecular weight is 417 g/mol. The molecular weight excluding hydrogens is 394 g/mol. The van der Waals surface area contributed by atoms with E-state index in [0.29, 0.717) is 17.7 Å². The number of morpholine rings is 1. The molecule has 0 radical (unpaired) electrons. The number of rotatable bonds is 5. The Morgan fingerprint density at radius 2 is 2.10 bits per heavy atom. The molecule has 0 atom stereocenters. The number of anilines is 1. The maximum absolute atomic E-state index is 12.4. The highest BCUT2D eigenvalue weighted by Gasteiger charge is 2.13. The van der Waals surface area contributed by atoms with Crippen LogP contribution >= 0.6 is 0 Å². The molecule has 1 fully saturated rings. The molecule has 31 heavy (non-hydrogen) atoms. The van der Waals surface area contributed by atoms with Gasteiger partial charge in [0.2, 0.25) is 5.91 Å². The minimum absolute atomic E-state index is 0.0298. The molecule has 2 aliphatic heterocycles. The summed E-state index contributed by atoms with van der Waals surface area (Å²) < 4.78 is 5.34. The molecule has 0 saturated carbocycles. The molecule has 8 nitrogen and oxygen atoms in total. The fourth-order valence-corrected chi connectivity index (χ4v) is 3.91. The van der Waals surface area contributed by atoms with Crippen LogP contribution in [0.5, 0.6) is 5.88 Å². The highest BCUT2D eigenvalue weighted by atomic mass is 16.5. The highest BCUT2D eigenvalue weighted by Crippen LogP contribution is 2.30. The van der Waals surface area contributed by atoms with E-state index >= 15 is 0 Å². The molecule has 0 spiro atoms. The van der Waals surface area contributed by atoms with E-state index in [0.717, 1.165) is 59.9 Å². The van der Waals surface area contributed by atoms with Gasteiger partial charge < -0.3 is 20.1 Å². The topological polar surface area (TPSA) is 102 Å². The second-order valence-electron chi connectivity index (χ2n) is 7.71. The highest BCUT2D eigenvalue weighted by molar-refractivity contribution is 5.97. The average Bonchev–Trinajstić information content (AvgIpc) is 3.37. The molecule has 0 bridgehead atoms. The minimum atomic E-state index is -0.0298. The summed E-state index contributed by atoms with van der Waals surface area (Å²) >= 11 is 0. The summed E-state index contributed by atoms with van der Waals surface area (Å²) in [6, 6.07) is 11.4. The van der Waals surface area contributed by atoms with Crippen molar-refractivity contribution in [1.82, 2.24) is 9.88 Å². The van der Waals surface area contributed by atoms with Gasteiger partial charge in [-0.1, -0.05) is 6.07 Å². The molecule has 1 saturated heterocycles. The van der Waals surface area contributed by atoms with Crippen LogP contribution in [-0.2, 0) is 9.53 Å². The van der Waals surface area contributed by atoms with E-state index in [1.807, 2.05) is 42.5 Å². The number of aromatic nitrogens is 1. The summed E-state index contributed by atoms with van der Waals surface area (Å²) in [6.07, 6.45) is 4.05. The smallest absolute Gasteiger partial charge is 0.225 e. The van der Waals surface area contributed by atoms with Crippen molar-refractivity contribution < 1.29 is 14.6 Å². The monoisotopic (exact) mass is 417 g/mol. The van der Waals surface area contributed by atoms with Crippen LogP contribution in [0.4, 0.5) is 5.69 Å². The van der Waals surface area contributed by atoms with Crippen LogP contribution in [0, 0.1) is 0 Å². The normalized spacial score (nSPS) is 16.5. The Bertz CT molecular complexity index is 1290. The van der Waals surface area contributed by atoms with Crippen LogP contribution < -0.4 is 15.9 Å². The number of amides is 1. The Kier molecular flexibility index (Phi) is 5.23. The van der Waals surface area contributed by atoms with Crippen molar-refractivity contribution in [2.45, 2.75) is 6.42 Å². The van der Waals surface area contributed by atoms with E-state index in [9.17, 15) is 9.90 Å². The first-order valence-electron chi connectivity index (χ1n) is 10.3. The Labute approximate surface area is 178 Å². The fourth-order valence-electron chi connectivity index (χ4n) is 3.91. The van der Waals surface area contributed by atoms with Gasteiger partial charge in [0, 0.05) is 53.8 Å². The molecule has 2 aromatic carbocycles. The third-order valence-electron chi connectivity index (χ3n) is 5.59. The van der Waals surface area contributed by atoms with E-state index in [1.165, 1.54) is 0 Å². The van der Waals surface area contributed by atoms with Gasteiger partial charge in [0.15, 0.2) is 5.88 Å². The van der Waals surface area contributed by atoms with Crippen molar-refractivity contribution in [2.75, 3.05) is 38.2 Å². The van der Waals surface area contributed by atoms with Crippen LogP contribution in [0.3, 0.4) is 0 Å². The number of aromatic hydroxyl groups is 1. The molecule has 158 valence electrons. The number of aromatic amines is 1. The molecule has 8 heteroatoms. The van der Waals surface area contributed by atoms with Crippen molar-refractivity contribution in [1.29, 1.82) is 0 Å². The van der Waals surface area contributed by atoms with Gasteiger partial charge in [-0.15, -0.1) is 0 Å². The van der Waals surface area contributed by atoms with Crippen LogP contribution in [0.2, 0.25) is 0 Å². The lowest BCUT2D eigenvalue weighted by Crippen LogP contribution is -2.38. The van der Waals surface area contributed by atoms with E-state index in [4.69, 9.17) is 4.74 Å². The van der Waals surface area contributed by atoms with Crippen LogP contribution in [0.25, 0.3) is 17.0 Å². The van der Waals surface area contributed by atoms with Crippen molar-refractivity contribution in [2.24, 2.45) is 10.2 Å². The summed E-state index contributed by atoms with van der Waals surface area (Å²) in [5, 5.41) is 24.0. The van der Waals surface area contributed by atoms with E-state index in [1.54, 1.807) is 6.21 Å². The van der Waals surface area contributed by atoms with Gasteiger partial charge in [0.05, 0.1) is 24.8 Å². The zero-order valence-corrected chi connectivity index (χ0v) is 17.0. The second kappa shape index (κ2) is 8.33. The summed E-state index contributed by atoms with van der Waals surface area (Å²) in [4.78, 5) is 17.7. The predicted octanol–water partition coefficient (Wildman–Crippen LogP) is 1.33. The summed E-state index contributed by atoms with van der Waals surface area (Å²) in [5.41, 5.74) is 3.12. The lowest BCUT2D eigenvalue weighted by atomic mass is 10.1. The summed E-state index contributed by atoms with van der Waals surface area (Å²) in [5.74, 6) is 0.0578. The molecule has 2 aliphatic rings. The third-order valence-corrected chi connectivity index (χ3v) is 5.59. The molecule has 1 aromatic heterocycles. The quantitative estimate of drug-likeness (QED) is 0.583. The van der Waals surface area contributed by atoms with Crippen LogP contribution in [0.15, 0.2) is 46.6 Å². The Morgan fingerprint density at radius 1 is 1.23 bits per heavy atom. The number of ether oxygens (including phenoxy) is 1. The molecular formula is C23H23N5O3. The number of carbonyl (C=O) groups is 1. The lowest BCUT2D eigenvalue weighted by molar-refractivity contribution is -0.116. The first kappa shape index (κ1) is 19.5. The number of carbonyl (C=O) groups excluding carboxylic acids is 1. The lowest BCUT2D eigenvalue weighted by Gasteiger charge is -2.26. The standard InChI is InChI=1S/C23H23N5O3/c29-22(5-6-28-7-9-31-10-8-28)25-17-2-4-21-18(13-17)19(23(30)26-21)12-15-1-3-20-16(11-15)14-24-27-20/h1-4,11-14,26,30H,5-10H2,(H,25,29)/b15-12-. The third kappa shape index (κ3) is 4.21. The SMILES string of the molecule is O=C(CCN1CCOCC1)Nc1ccc2[nH]c(O)c(/C=c3/ccc4c(c3)C=NN=4)c2c1. The number of H-pyrrole nitrogens is 1. The molecule has 0 aliphatic carbocycles. The summed E-state index contributed by atoms with van der Waals surface area (Å²) in [7, 11) is 0. The molecule has 0 unspecified atom stereocenters. The number of hydrogen-bond acceptors (Lipinski definition) is 6. The van der Waals surface area contributed by atoms with Crippen LogP contribution in [-0.4, -0.2) is 60.0 Å². The van der Waals surface area contributed by atoms with E-state index < -0.39 is 0 Å². The van der Waals surface area contributed by atoms with Gasteiger partial charge in [-0.3, -0.25) is 9.69 Å². The van der Waals surface area contributed by atoms with Crippen LogP contribution in [0.1, 0.15) is 17.5 Å². The number of hydrogen-bond donors (Lipinski definition) is 3. The zero-order valence-electron chi connectivity index (χ0n) is 17.0. The van der Waals surface area contributed by atoms with E-state index in [-0.39, 0.29) is 11.8 Å². The molecule has 1 amide bonds. The van der Waals surface area contributed by atoms with Crippen molar-refractivity contribution in [3.05, 3.63) is 58.1 Å². The van der Waals surface area contributed by atoms with Gasteiger partial charge in [-0.25, -0.2) is 0 Å². The van der Waals surface area contributed by atoms with Gasteiger partial charge in [-0.05, 0) is 41.6 Å². The van der Waals surface area contributed by atoms with Crippen molar-refractivity contribution in [3.63, 3.8) is 0 Å². The minimum Gasteiger partial charge on any atom is -0.494 e. The summed E-state index contributed by atoms with van der Waals surface area (Å²) in [6.45, 7) is 3.89. The van der Waals surface area contributed by atoms with Crippen molar-refractivity contribution >= 4 is 34.8 Å². The van der Waals surface area contributed by atoms with Crippen molar-refractivity contribution in [3.8, 4) is 5.88 Å². The Balaban J connectivity index is 1.37. The molecule has 3 aromatic rings. The number of nitrogens with zero attached hydrogens (tertiary/aromatic N) is 3. The predicted molar refractivity (Wildman–Crippen MR) is 119 cm³/mol. The van der Waals surface area contributed by atoms with Gasteiger partial charge in [-0.2, -0.15) is 10.2 Å². The number of benzene rings is 2. The molecule has 3 heterocycles. The molecule has 3 N–H and O–H groups in total. The second-order valence-corrected chi connectivity index (χ2v) is 7.71. The van der Waals surface area contributed by atoms with E-state index in [2.05, 4.69) is 25.4 Å². The Morgan fingerprint density at radius 3 is 2.97 bits per heavy atom. The maximum Gasteiger partial charge on any atom is 0.225 e. The van der Waals surface area contributed by atoms with Gasteiger partial charge in [0.25, 0.3) is 0 Å². The molecule has 5 rings (SSSR count). The van der Waals surface area contributed by atoms with Gasteiger partial charge >= 0.3 is 0 Å².